The molecule has 5 nitrogen and oxygen atoms in total. The van der Waals surface area contributed by atoms with E-state index in [1.165, 1.54) is 7.11 Å². The largest absolute Gasteiger partial charge is 0.469 e. The number of rotatable bonds is 4. The quantitative estimate of drug-likeness (QED) is 0.810. The zero-order valence-electron chi connectivity index (χ0n) is 9.33. The van der Waals surface area contributed by atoms with Gasteiger partial charge in [-0.05, 0) is 24.3 Å². The van der Waals surface area contributed by atoms with Crippen LogP contribution in [0.15, 0.2) is 24.3 Å². The molecule has 2 N–H and O–H groups in total. The maximum absolute atomic E-state index is 11.4. The predicted octanol–water partition coefficient (Wildman–Crippen LogP) is 2.02. The van der Waals surface area contributed by atoms with Crippen LogP contribution >= 0.6 is 11.6 Å². The maximum atomic E-state index is 11.4. The molecule has 0 aliphatic heterocycles. The van der Waals surface area contributed by atoms with Gasteiger partial charge in [0.25, 0.3) is 0 Å². The number of amides is 2. The Balaban J connectivity index is 2.30. The third kappa shape index (κ3) is 5.21. The molecule has 1 rings (SSSR count). The first-order chi connectivity index (χ1) is 8.11. The minimum Gasteiger partial charge on any atom is -0.469 e. The van der Waals surface area contributed by atoms with E-state index in [0.29, 0.717) is 10.7 Å². The standard InChI is InChI=1S/C11H13ClN2O3/c1-17-10(15)6-7-13-11(16)14-9-4-2-8(12)3-5-9/h2-5H,6-7H2,1H3,(H2,13,14,16). The molecular weight excluding hydrogens is 244 g/mol. The number of carbonyl (C=O) groups is 2. The molecule has 0 aliphatic rings. The third-order valence-corrected chi connectivity index (χ3v) is 2.20. The molecule has 1 aromatic rings. The van der Waals surface area contributed by atoms with Crippen LogP contribution in [0.25, 0.3) is 0 Å². The monoisotopic (exact) mass is 256 g/mol. The number of anilines is 1. The highest BCUT2D eigenvalue weighted by atomic mass is 35.5. The molecule has 17 heavy (non-hydrogen) atoms. The van der Waals surface area contributed by atoms with Crippen molar-refractivity contribution in [2.24, 2.45) is 0 Å². The van der Waals surface area contributed by atoms with Gasteiger partial charge in [-0.25, -0.2) is 4.79 Å². The highest BCUT2D eigenvalue weighted by Gasteiger charge is 2.03. The Morgan fingerprint density at radius 1 is 1.29 bits per heavy atom. The van der Waals surface area contributed by atoms with Crippen LogP contribution in [0, 0.1) is 0 Å². The van der Waals surface area contributed by atoms with Gasteiger partial charge in [0.05, 0.1) is 13.5 Å². The second kappa shape index (κ2) is 6.75. The molecule has 0 fully saturated rings. The summed E-state index contributed by atoms with van der Waals surface area (Å²) in [5.41, 5.74) is 0.630. The summed E-state index contributed by atoms with van der Waals surface area (Å²) in [6.07, 6.45) is 0.143. The van der Waals surface area contributed by atoms with Crippen molar-refractivity contribution < 1.29 is 14.3 Å². The molecule has 0 radical (unpaired) electrons. The van der Waals surface area contributed by atoms with Gasteiger partial charge in [0.1, 0.15) is 0 Å². The molecule has 0 aromatic heterocycles. The van der Waals surface area contributed by atoms with Gasteiger partial charge < -0.3 is 15.4 Å². The summed E-state index contributed by atoms with van der Waals surface area (Å²) in [7, 11) is 1.30. The lowest BCUT2D eigenvalue weighted by Gasteiger charge is -2.06. The number of urea groups is 1. The first-order valence-corrected chi connectivity index (χ1v) is 5.37. The molecule has 0 saturated heterocycles. The van der Waals surface area contributed by atoms with Crippen molar-refractivity contribution in [1.29, 1.82) is 0 Å². The molecule has 0 saturated carbocycles. The first kappa shape index (κ1) is 13.3. The number of hydrogen-bond acceptors (Lipinski definition) is 3. The van der Waals surface area contributed by atoms with Crippen molar-refractivity contribution in [2.45, 2.75) is 6.42 Å². The zero-order valence-corrected chi connectivity index (χ0v) is 10.1. The summed E-state index contributed by atoms with van der Waals surface area (Å²) in [5.74, 6) is -0.364. The van der Waals surface area contributed by atoms with Crippen molar-refractivity contribution in [3.63, 3.8) is 0 Å². The molecule has 0 heterocycles. The van der Waals surface area contributed by atoms with Crippen LogP contribution in [0.2, 0.25) is 5.02 Å². The highest BCUT2D eigenvalue weighted by Crippen LogP contribution is 2.12. The fraction of sp³-hybridized carbons (Fsp3) is 0.273. The van der Waals surface area contributed by atoms with Crippen LogP contribution in [-0.2, 0) is 9.53 Å². The van der Waals surface area contributed by atoms with Crippen molar-refractivity contribution in [3.05, 3.63) is 29.3 Å². The van der Waals surface area contributed by atoms with E-state index in [2.05, 4.69) is 15.4 Å². The molecule has 2 amide bonds. The number of methoxy groups -OCH3 is 1. The molecule has 92 valence electrons. The third-order valence-electron chi connectivity index (χ3n) is 1.94. The van der Waals surface area contributed by atoms with E-state index in [9.17, 15) is 9.59 Å². The lowest BCUT2D eigenvalue weighted by atomic mass is 10.3. The molecule has 1 aromatic carbocycles. The Morgan fingerprint density at radius 3 is 2.53 bits per heavy atom. The van der Waals surface area contributed by atoms with Crippen molar-refractivity contribution in [2.75, 3.05) is 19.0 Å². The first-order valence-electron chi connectivity index (χ1n) is 4.99. The number of ether oxygens (including phenoxy) is 1. The number of benzene rings is 1. The summed E-state index contributed by atoms with van der Waals surface area (Å²) in [4.78, 5) is 22.1. The van der Waals surface area contributed by atoms with Gasteiger partial charge in [0, 0.05) is 17.3 Å². The van der Waals surface area contributed by atoms with Crippen molar-refractivity contribution in [1.82, 2.24) is 5.32 Å². The SMILES string of the molecule is COC(=O)CCNC(=O)Nc1ccc(Cl)cc1. The molecule has 0 spiro atoms. The molecule has 0 atom stereocenters. The number of esters is 1. The van der Waals surface area contributed by atoms with E-state index in [4.69, 9.17) is 11.6 Å². The van der Waals surface area contributed by atoms with Crippen LogP contribution in [0.5, 0.6) is 0 Å². The van der Waals surface area contributed by atoms with Gasteiger partial charge in [-0.3, -0.25) is 4.79 Å². The summed E-state index contributed by atoms with van der Waals surface area (Å²) < 4.78 is 4.44. The summed E-state index contributed by atoms with van der Waals surface area (Å²) >= 11 is 5.70. The predicted molar refractivity (Wildman–Crippen MR) is 65.1 cm³/mol. The van der Waals surface area contributed by atoms with E-state index < -0.39 is 0 Å². The minimum absolute atomic E-state index is 0.143. The van der Waals surface area contributed by atoms with E-state index in [1.807, 2.05) is 0 Å². The van der Waals surface area contributed by atoms with E-state index >= 15 is 0 Å². The van der Waals surface area contributed by atoms with Gasteiger partial charge >= 0.3 is 12.0 Å². The molecule has 0 bridgehead atoms. The zero-order chi connectivity index (χ0) is 12.7. The van der Waals surface area contributed by atoms with Gasteiger partial charge in [-0.2, -0.15) is 0 Å². The van der Waals surface area contributed by atoms with Crippen LogP contribution in [0.3, 0.4) is 0 Å². The van der Waals surface area contributed by atoms with Crippen molar-refractivity contribution >= 4 is 29.3 Å². The number of nitrogens with one attached hydrogen (secondary N) is 2. The molecule has 6 heteroatoms. The molecule has 0 aliphatic carbocycles. The molecule has 0 unspecified atom stereocenters. The summed E-state index contributed by atoms with van der Waals surface area (Å²) in [5, 5.41) is 5.73. The van der Waals surface area contributed by atoms with Crippen LogP contribution in [0.1, 0.15) is 6.42 Å². The maximum Gasteiger partial charge on any atom is 0.319 e. The van der Waals surface area contributed by atoms with Gasteiger partial charge in [-0.1, -0.05) is 11.6 Å². The lowest BCUT2D eigenvalue weighted by Crippen LogP contribution is -2.30. The topological polar surface area (TPSA) is 67.4 Å². The summed E-state index contributed by atoms with van der Waals surface area (Å²) in [6.45, 7) is 0.228. The number of hydrogen-bond donors (Lipinski definition) is 2. The Labute approximate surface area is 104 Å². The highest BCUT2D eigenvalue weighted by molar-refractivity contribution is 6.30. The normalized spacial score (nSPS) is 9.53. The molecular formula is C11H13ClN2O3. The average Bonchev–Trinajstić information content (AvgIpc) is 2.32. The smallest absolute Gasteiger partial charge is 0.319 e. The Bertz CT molecular complexity index is 392. The van der Waals surface area contributed by atoms with Crippen LogP contribution in [-0.4, -0.2) is 25.7 Å². The lowest BCUT2D eigenvalue weighted by molar-refractivity contribution is -0.140. The van der Waals surface area contributed by atoms with Gasteiger partial charge in [-0.15, -0.1) is 0 Å². The fourth-order valence-electron chi connectivity index (χ4n) is 1.09. The average molecular weight is 257 g/mol. The Morgan fingerprint density at radius 2 is 1.94 bits per heavy atom. The van der Waals surface area contributed by atoms with Crippen LogP contribution < -0.4 is 10.6 Å². The van der Waals surface area contributed by atoms with E-state index in [1.54, 1.807) is 24.3 Å². The van der Waals surface area contributed by atoms with Gasteiger partial charge in [0.15, 0.2) is 0 Å². The fourth-order valence-corrected chi connectivity index (χ4v) is 1.21. The van der Waals surface area contributed by atoms with E-state index in [0.717, 1.165) is 0 Å². The van der Waals surface area contributed by atoms with E-state index in [-0.39, 0.29) is 25.0 Å². The minimum atomic E-state index is -0.378. The summed E-state index contributed by atoms with van der Waals surface area (Å²) in [6, 6.07) is 6.33. The Hall–Kier alpha value is -1.75. The van der Waals surface area contributed by atoms with Crippen molar-refractivity contribution in [3.8, 4) is 0 Å². The number of carbonyl (C=O) groups excluding carboxylic acids is 2. The Kier molecular flexibility index (Phi) is 5.29. The van der Waals surface area contributed by atoms with Crippen LogP contribution in [0.4, 0.5) is 10.5 Å². The van der Waals surface area contributed by atoms with Gasteiger partial charge in [0.2, 0.25) is 0 Å². The second-order valence-corrected chi connectivity index (χ2v) is 3.65. The number of halogens is 1. The second-order valence-electron chi connectivity index (χ2n) is 3.21.